The Morgan fingerprint density at radius 2 is 2.21 bits per heavy atom. The third-order valence-corrected chi connectivity index (χ3v) is 5.21. The molecule has 8 heteroatoms. The highest BCUT2D eigenvalue weighted by Gasteiger charge is 2.23. The van der Waals surface area contributed by atoms with Crippen LogP contribution in [0.25, 0.3) is 0 Å². The van der Waals surface area contributed by atoms with Gasteiger partial charge in [0.15, 0.2) is 5.03 Å². The van der Waals surface area contributed by atoms with Crippen LogP contribution in [0.15, 0.2) is 16.6 Å². The van der Waals surface area contributed by atoms with Crippen LogP contribution in [0.1, 0.15) is 23.4 Å². The molecule has 0 amide bonds. The molecule has 0 aliphatic rings. The van der Waals surface area contributed by atoms with Gasteiger partial charge in [-0.2, -0.15) is 4.31 Å². The predicted molar refractivity (Wildman–Crippen MR) is 73.5 cm³/mol. The highest BCUT2D eigenvalue weighted by Crippen LogP contribution is 2.16. The summed E-state index contributed by atoms with van der Waals surface area (Å²) < 4.78 is 25.9. The predicted octanol–water partition coefficient (Wildman–Crippen LogP) is 1.56. The Labute approximate surface area is 116 Å². The standard InChI is InChI=1S/C11H16N4O2S2/c1-4-10-12-5-11(14-10)19(16,17)15(3)6-9-7-18-8(2)13-9/h5,7H,4,6H2,1-3H3,(H,12,14). The van der Waals surface area contributed by atoms with E-state index in [9.17, 15) is 8.42 Å². The zero-order chi connectivity index (χ0) is 14.0. The van der Waals surface area contributed by atoms with Crippen LogP contribution in [0.2, 0.25) is 0 Å². The quantitative estimate of drug-likeness (QED) is 0.909. The molecule has 0 aliphatic heterocycles. The molecule has 2 rings (SSSR count). The fourth-order valence-electron chi connectivity index (χ4n) is 1.62. The summed E-state index contributed by atoms with van der Waals surface area (Å²) >= 11 is 1.51. The molecular formula is C11H16N4O2S2. The molecule has 0 fully saturated rings. The van der Waals surface area contributed by atoms with Crippen molar-refractivity contribution in [2.75, 3.05) is 7.05 Å². The number of sulfonamides is 1. The van der Waals surface area contributed by atoms with E-state index in [-0.39, 0.29) is 11.6 Å². The molecule has 104 valence electrons. The maximum atomic E-state index is 12.3. The van der Waals surface area contributed by atoms with Crippen LogP contribution in [-0.4, -0.2) is 34.7 Å². The van der Waals surface area contributed by atoms with Crippen molar-refractivity contribution in [3.63, 3.8) is 0 Å². The second-order valence-electron chi connectivity index (χ2n) is 4.17. The third kappa shape index (κ3) is 3.02. The van der Waals surface area contributed by atoms with Crippen molar-refractivity contribution in [2.24, 2.45) is 0 Å². The number of hydrogen-bond donors (Lipinski definition) is 1. The van der Waals surface area contributed by atoms with Crippen LogP contribution >= 0.6 is 11.3 Å². The highest BCUT2D eigenvalue weighted by molar-refractivity contribution is 7.89. The minimum absolute atomic E-state index is 0.124. The molecule has 2 aromatic heterocycles. The average Bonchev–Trinajstić information content (AvgIpc) is 2.98. The first-order valence-electron chi connectivity index (χ1n) is 5.84. The summed E-state index contributed by atoms with van der Waals surface area (Å²) in [7, 11) is -2.00. The number of nitrogens with one attached hydrogen (secondary N) is 1. The van der Waals surface area contributed by atoms with Gasteiger partial charge in [-0.25, -0.2) is 18.4 Å². The summed E-state index contributed by atoms with van der Waals surface area (Å²) in [5.74, 6) is 0.663. The SMILES string of the molecule is CCc1ncc(S(=O)(=O)N(C)Cc2csc(C)n2)[nH]1. The fraction of sp³-hybridized carbons (Fsp3) is 0.455. The van der Waals surface area contributed by atoms with Gasteiger partial charge in [0, 0.05) is 18.8 Å². The second-order valence-corrected chi connectivity index (χ2v) is 7.24. The number of aromatic amines is 1. The molecule has 0 atom stereocenters. The van der Waals surface area contributed by atoms with E-state index in [1.165, 1.54) is 28.9 Å². The van der Waals surface area contributed by atoms with Crippen LogP contribution in [0, 0.1) is 6.92 Å². The average molecular weight is 300 g/mol. The van der Waals surface area contributed by atoms with Crippen molar-refractivity contribution < 1.29 is 8.42 Å². The van der Waals surface area contributed by atoms with Crippen molar-refractivity contribution in [2.45, 2.75) is 31.8 Å². The zero-order valence-corrected chi connectivity index (χ0v) is 12.7. The minimum atomic E-state index is -3.54. The Hall–Kier alpha value is -1.25. The Bertz CT molecular complexity index is 660. The van der Waals surface area contributed by atoms with Gasteiger partial charge in [0.25, 0.3) is 10.0 Å². The molecule has 1 N–H and O–H groups in total. The third-order valence-electron chi connectivity index (χ3n) is 2.68. The number of aryl methyl sites for hydroxylation is 2. The number of hydrogen-bond acceptors (Lipinski definition) is 5. The van der Waals surface area contributed by atoms with Crippen LogP contribution in [0.5, 0.6) is 0 Å². The Balaban J connectivity index is 2.19. The summed E-state index contributed by atoms with van der Waals surface area (Å²) in [6.07, 6.45) is 2.03. The molecule has 19 heavy (non-hydrogen) atoms. The zero-order valence-electron chi connectivity index (χ0n) is 11.0. The molecule has 2 heterocycles. The van der Waals surface area contributed by atoms with Crippen LogP contribution in [-0.2, 0) is 23.0 Å². The van der Waals surface area contributed by atoms with E-state index in [4.69, 9.17) is 0 Å². The number of aromatic nitrogens is 3. The van der Waals surface area contributed by atoms with Gasteiger partial charge in [0.2, 0.25) is 0 Å². The lowest BCUT2D eigenvalue weighted by atomic mass is 10.5. The Morgan fingerprint density at radius 1 is 1.47 bits per heavy atom. The second kappa shape index (κ2) is 5.40. The Morgan fingerprint density at radius 3 is 2.74 bits per heavy atom. The molecule has 0 aliphatic carbocycles. The van der Waals surface area contributed by atoms with Crippen LogP contribution in [0.3, 0.4) is 0 Å². The van der Waals surface area contributed by atoms with Crippen LogP contribution in [0.4, 0.5) is 0 Å². The minimum Gasteiger partial charge on any atom is -0.332 e. The molecule has 6 nitrogen and oxygen atoms in total. The van der Waals surface area contributed by atoms with Crippen molar-refractivity contribution in [3.8, 4) is 0 Å². The highest BCUT2D eigenvalue weighted by atomic mass is 32.2. The molecule has 0 spiro atoms. The maximum Gasteiger partial charge on any atom is 0.260 e. The van der Waals surface area contributed by atoms with E-state index in [1.807, 2.05) is 19.2 Å². The molecule has 2 aromatic rings. The smallest absolute Gasteiger partial charge is 0.260 e. The Kier molecular flexibility index (Phi) is 4.02. The topological polar surface area (TPSA) is 79.0 Å². The van der Waals surface area contributed by atoms with Gasteiger partial charge in [0.05, 0.1) is 23.4 Å². The first-order chi connectivity index (χ1) is 8.93. The number of nitrogens with zero attached hydrogens (tertiary/aromatic N) is 3. The lowest BCUT2D eigenvalue weighted by Crippen LogP contribution is -2.27. The maximum absolute atomic E-state index is 12.3. The van der Waals surface area contributed by atoms with Gasteiger partial charge in [-0.3, -0.25) is 0 Å². The van der Waals surface area contributed by atoms with E-state index in [1.54, 1.807) is 0 Å². The largest absolute Gasteiger partial charge is 0.332 e. The van der Waals surface area contributed by atoms with E-state index in [0.717, 1.165) is 10.7 Å². The van der Waals surface area contributed by atoms with Gasteiger partial charge in [0.1, 0.15) is 5.82 Å². The number of H-pyrrole nitrogens is 1. The fourth-order valence-corrected chi connectivity index (χ4v) is 3.29. The molecule has 0 unspecified atom stereocenters. The van der Waals surface area contributed by atoms with E-state index in [0.29, 0.717) is 12.2 Å². The lowest BCUT2D eigenvalue weighted by Gasteiger charge is -2.14. The van der Waals surface area contributed by atoms with Gasteiger partial charge in [-0.1, -0.05) is 6.92 Å². The van der Waals surface area contributed by atoms with E-state index < -0.39 is 10.0 Å². The molecular weight excluding hydrogens is 284 g/mol. The normalized spacial score (nSPS) is 12.2. The van der Waals surface area contributed by atoms with Crippen molar-refractivity contribution in [1.29, 1.82) is 0 Å². The van der Waals surface area contributed by atoms with Crippen molar-refractivity contribution in [1.82, 2.24) is 19.3 Å². The van der Waals surface area contributed by atoms with Crippen molar-refractivity contribution in [3.05, 3.63) is 28.1 Å². The summed E-state index contributed by atoms with van der Waals surface area (Å²) in [5.41, 5.74) is 0.754. The first kappa shape index (κ1) is 14.2. The molecule has 0 bridgehead atoms. The molecule has 0 saturated heterocycles. The summed E-state index contributed by atoms with van der Waals surface area (Å²) in [6.45, 7) is 4.06. The summed E-state index contributed by atoms with van der Waals surface area (Å²) in [6, 6.07) is 0. The summed E-state index contributed by atoms with van der Waals surface area (Å²) in [5, 5.41) is 2.92. The summed E-state index contributed by atoms with van der Waals surface area (Å²) in [4.78, 5) is 11.1. The van der Waals surface area contributed by atoms with Crippen LogP contribution < -0.4 is 0 Å². The van der Waals surface area contributed by atoms with Gasteiger partial charge in [-0.15, -0.1) is 11.3 Å². The monoisotopic (exact) mass is 300 g/mol. The number of rotatable bonds is 5. The van der Waals surface area contributed by atoms with Gasteiger partial charge in [-0.05, 0) is 6.92 Å². The van der Waals surface area contributed by atoms with E-state index in [2.05, 4.69) is 15.0 Å². The molecule has 0 saturated carbocycles. The van der Waals surface area contributed by atoms with Gasteiger partial charge < -0.3 is 4.98 Å². The van der Waals surface area contributed by atoms with E-state index >= 15 is 0 Å². The first-order valence-corrected chi connectivity index (χ1v) is 8.16. The number of imidazole rings is 1. The lowest BCUT2D eigenvalue weighted by molar-refractivity contribution is 0.460. The molecule has 0 radical (unpaired) electrons. The van der Waals surface area contributed by atoms with Gasteiger partial charge >= 0.3 is 0 Å². The molecule has 0 aromatic carbocycles. The van der Waals surface area contributed by atoms with Crippen molar-refractivity contribution >= 4 is 21.4 Å². The number of thiazole rings is 1.